The molecule has 1 heterocycles. The maximum atomic E-state index is 14.5. The molecule has 6 rings (SSSR count). The van der Waals surface area contributed by atoms with Gasteiger partial charge in [0.2, 0.25) is 5.91 Å². The number of allylic oxidation sites excluding steroid dienone is 3. The van der Waals surface area contributed by atoms with E-state index in [2.05, 4.69) is 27.7 Å². The van der Waals surface area contributed by atoms with E-state index >= 15 is 0 Å². The van der Waals surface area contributed by atoms with E-state index in [1.807, 2.05) is 13.0 Å². The summed E-state index contributed by atoms with van der Waals surface area (Å²) in [7, 11) is 0. The van der Waals surface area contributed by atoms with Gasteiger partial charge in [-0.2, -0.15) is 5.26 Å². The second-order valence-electron chi connectivity index (χ2n) is 14.7. The lowest BCUT2D eigenvalue weighted by molar-refractivity contribution is -0.206. The summed E-state index contributed by atoms with van der Waals surface area (Å²) < 4.78 is 6.42. The molecule has 2 bridgehead atoms. The van der Waals surface area contributed by atoms with Crippen molar-refractivity contribution in [3.63, 3.8) is 0 Å². The largest absolute Gasteiger partial charge is 0.449 e. The molecule has 2 N–H and O–H groups in total. The first kappa shape index (κ1) is 25.5. The highest BCUT2D eigenvalue weighted by atomic mass is 16.6. The molecule has 1 amide bonds. The summed E-state index contributed by atoms with van der Waals surface area (Å²) in [6, 6.07) is 2.01. The Morgan fingerprint density at radius 2 is 1.66 bits per heavy atom. The number of nitrogens with zero attached hydrogens (tertiary/aromatic N) is 1. The van der Waals surface area contributed by atoms with Gasteiger partial charge in [-0.3, -0.25) is 19.2 Å². The Kier molecular flexibility index (Phi) is 4.61. The Labute approximate surface area is 224 Å². The first-order valence-corrected chi connectivity index (χ1v) is 14.0. The zero-order valence-corrected chi connectivity index (χ0v) is 23.3. The van der Waals surface area contributed by atoms with Crippen LogP contribution in [-0.2, 0) is 23.9 Å². The maximum absolute atomic E-state index is 14.5. The van der Waals surface area contributed by atoms with Crippen LogP contribution in [0.1, 0.15) is 86.5 Å². The number of rotatable bonds is 1. The summed E-state index contributed by atoms with van der Waals surface area (Å²) in [5.74, 6) is -2.36. The lowest BCUT2D eigenvalue weighted by atomic mass is 9.33. The quantitative estimate of drug-likeness (QED) is 0.406. The Morgan fingerprint density at radius 3 is 2.29 bits per heavy atom. The fourth-order valence-corrected chi connectivity index (χ4v) is 10.4. The zero-order chi connectivity index (χ0) is 27.9. The minimum atomic E-state index is -1.55. The molecular weight excluding hydrogens is 480 g/mol. The smallest absolute Gasteiger partial charge is 0.313 e. The Bertz CT molecular complexity index is 1350. The predicted octanol–water partition coefficient (Wildman–Crippen LogP) is 4.35. The third kappa shape index (κ3) is 2.39. The lowest BCUT2D eigenvalue weighted by Gasteiger charge is -2.68. The van der Waals surface area contributed by atoms with Crippen LogP contribution in [0.5, 0.6) is 0 Å². The van der Waals surface area contributed by atoms with E-state index in [0.717, 1.165) is 24.8 Å². The van der Waals surface area contributed by atoms with Gasteiger partial charge in [-0.15, -0.1) is 0 Å². The first-order chi connectivity index (χ1) is 17.5. The van der Waals surface area contributed by atoms with E-state index in [4.69, 9.17) is 10.5 Å². The Hall–Kier alpha value is -2.75. The summed E-state index contributed by atoms with van der Waals surface area (Å²) in [5.41, 5.74) is 1.08. The molecule has 1 unspecified atom stereocenters. The van der Waals surface area contributed by atoms with Crippen LogP contribution in [-0.4, -0.2) is 29.0 Å². The summed E-state index contributed by atoms with van der Waals surface area (Å²) >= 11 is 0. The monoisotopic (exact) mass is 518 g/mol. The van der Waals surface area contributed by atoms with Crippen molar-refractivity contribution >= 4 is 23.4 Å². The average Bonchev–Trinajstić information content (AvgIpc) is 3.03. The van der Waals surface area contributed by atoms with E-state index in [1.165, 1.54) is 0 Å². The van der Waals surface area contributed by atoms with Gasteiger partial charge in [0.1, 0.15) is 11.5 Å². The van der Waals surface area contributed by atoms with E-state index in [1.54, 1.807) is 19.1 Å². The highest BCUT2D eigenvalue weighted by Crippen LogP contribution is 2.78. The van der Waals surface area contributed by atoms with Crippen LogP contribution in [0.3, 0.4) is 0 Å². The fraction of sp³-hybridized carbons (Fsp3) is 0.710. The van der Waals surface area contributed by atoms with Crippen molar-refractivity contribution in [1.82, 2.24) is 0 Å². The zero-order valence-electron chi connectivity index (χ0n) is 23.3. The van der Waals surface area contributed by atoms with Crippen molar-refractivity contribution in [2.45, 2.75) is 92.1 Å². The van der Waals surface area contributed by atoms with E-state index < -0.39 is 50.3 Å². The number of Topliss-reactive ketones (excluding diaryl/α,β-unsaturated/α-hetero) is 1. The number of amides is 1. The molecule has 1 spiro atoms. The predicted molar refractivity (Wildman–Crippen MR) is 138 cm³/mol. The van der Waals surface area contributed by atoms with E-state index in [-0.39, 0.29) is 28.7 Å². The first-order valence-electron chi connectivity index (χ1n) is 14.0. The molecule has 0 aromatic heterocycles. The number of ether oxygens (including phenoxy) is 1. The summed E-state index contributed by atoms with van der Waals surface area (Å²) in [6.07, 6.45) is 8.30. The van der Waals surface area contributed by atoms with Gasteiger partial charge in [0.05, 0.1) is 11.0 Å². The third-order valence-electron chi connectivity index (χ3n) is 12.9. The second kappa shape index (κ2) is 6.87. The normalized spacial score (nSPS) is 50.3. The Balaban J connectivity index is 1.60. The van der Waals surface area contributed by atoms with Crippen molar-refractivity contribution in [3.8, 4) is 6.07 Å². The average molecular weight is 519 g/mol. The van der Waals surface area contributed by atoms with Crippen LogP contribution in [0.2, 0.25) is 0 Å². The molecule has 6 aliphatic rings. The number of hydrogen-bond acceptors (Lipinski definition) is 6. The number of nitriles is 1. The van der Waals surface area contributed by atoms with Crippen LogP contribution in [0.15, 0.2) is 23.3 Å². The van der Waals surface area contributed by atoms with Crippen molar-refractivity contribution in [3.05, 3.63) is 23.3 Å². The second-order valence-corrected chi connectivity index (χ2v) is 14.7. The number of carbonyl (C=O) groups is 4. The van der Waals surface area contributed by atoms with Crippen molar-refractivity contribution < 1.29 is 23.9 Å². The summed E-state index contributed by atoms with van der Waals surface area (Å²) in [4.78, 5) is 54.4. The van der Waals surface area contributed by atoms with Crippen molar-refractivity contribution in [2.75, 3.05) is 0 Å². The number of esters is 1. The molecule has 1 aliphatic heterocycles. The molecule has 0 radical (unpaired) electrons. The number of ketones is 2. The third-order valence-corrected chi connectivity index (χ3v) is 12.9. The molecule has 38 heavy (non-hydrogen) atoms. The molecule has 3 saturated carbocycles. The summed E-state index contributed by atoms with van der Waals surface area (Å²) in [5, 5.41) is 9.89. The molecule has 4 fully saturated rings. The molecule has 8 atom stereocenters. The fourth-order valence-electron chi connectivity index (χ4n) is 10.4. The minimum Gasteiger partial charge on any atom is -0.449 e. The molecule has 7 heteroatoms. The van der Waals surface area contributed by atoms with Crippen LogP contribution < -0.4 is 5.73 Å². The number of carbonyl (C=O) groups excluding carboxylic acids is 4. The SMILES string of the molecule is CC1(C)CC[C@@]23CC[C@@]4(C)[C@]5(C)CC[C@H]6[C@](C)(C(N)=O)C(=O)C(C#N)=C[C@]6(C)C5=CC(=O)[C@]4(OC2=O)C3C1. The highest BCUT2D eigenvalue weighted by Gasteiger charge is 2.82. The number of primary amides is 1. The van der Waals surface area contributed by atoms with Gasteiger partial charge in [0, 0.05) is 16.7 Å². The standard InChI is InChI=1S/C31H38N2O5/c1-25(2)9-11-30-12-10-28(5)27(4)8-7-18-26(3,14-17(16-32)22(35)29(18,6)23(33)36)19(27)13-21(34)31(28,20(30)15-25)38-24(30)37/h13-14,18,20H,7-12,15H2,1-6H3,(H2,33,36)/t18-,20?,26+,27-,28+,29+,30+,31-/m1/s1. The van der Waals surface area contributed by atoms with Crippen LogP contribution in [0.25, 0.3) is 0 Å². The van der Waals surface area contributed by atoms with Gasteiger partial charge in [0.15, 0.2) is 17.2 Å². The number of hydrogen-bond donors (Lipinski definition) is 1. The van der Waals surface area contributed by atoms with Gasteiger partial charge in [-0.25, -0.2) is 0 Å². The van der Waals surface area contributed by atoms with Crippen LogP contribution >= 0.6 is 0 Å². The lowest BCUT2D eigenvalue weighted by Crippen LogP contribution is -2.72. The molecule has 7 nitrogen and oxygen atoms in total. The molecule has 0 aromatic rings. The topological polar surface area (TPSA) is 127 Å². The highest BCUT2D eigenvalue weighted by molar-refractivity contribution is 6.16. The van der Waals surface area contributed by atoms with Gasteiger partial charge in [0.25, 0.3) is 0 Å². The minimum absolute atomic E-state index is 0.000318. The molecule has 0 aromatic carbocycles. The number of fused-ring (bicyclic) bond motifs is 4. The van der Waals surface area contributed by atoms with E-state index in [0.29, 0.717) is 25.7 Å². The van der Waals surface area contributed by atoms with Crippen molar-refractivity contribution in [2.24, 2.45) is 50.1 Å². The van der Waals surface area contributed by atoms with Gasteiger partial charge in [-0.05, 0) is 80.3 Å². The molecule has 202 valence electrons. The van der Waals surface area contributed by atoms with Gasteiger partial charge >= 0.3 is 5.97 Å². The van der Waals surface area contributed by atoms with Crippen molar-refractivity contribution in [1.29, 1.82) is 5.26 Å². The Morgan fingerprint density at radius 1 is 1.00 bits per heavy atom. The van der Waals surface area contributed by atoms with Crippen LogP contribution in [0.4, 0.5) is 0 Å². The maximum Gasteiger partial charge on any atom is 0.313 e. The van der Waals surface area contributed by atoms with Gasteiger partial charge in [-0.1, -0.05) is 40.7 Å². The van der Waals surface area contributed by atoms with E-state index in [9.17, 15) is 24.4 Å². The molecule has 1 saturated heterocycles. The molecule has 5 aliphatic carbocycles. The number of nitrogens with two attached hydrogens (primary N) is 1. The summed E-state index contributed by atoms with van der Waals surface area (Å²) in [6.45, 7) is 12.2. The van der Waals surface area contributed by atoms with Crippen LogP contribution in [0, 0.1) is 55.7 Å². The molecular formula is C31H38N2O5. The van der Waals surface area contributed by atoms with Gasteiger partial charge < -0.3 is 10.5 Å².